The van der Waals surface area contributed by atoms with Crippen LogP contribution in [0.3, 0.4) is 0 Å². The first-order valence-corrected chi connectivity index (χ1v) is 8.17. The zero-order valence-corrected chi connectivity index (χ0v) is 14.2. The first-order valence-electron chi connectivity index (χ1n) is 8.17. The van der Waals surface area contributed by atoms with Crippen molar-refractivity contribution in [1.82, 2.24) is 14.8 Å². The van der Waals surface area contributed by atoms with Gasteiger partial charge in [0.25, 0.3) is 5.91 Å². The van der Waals surface area contributed by atoms with Crippen LogP contribution in [-0.2, 0) is 11.0 Å². The van der Waals surface area contributed by atoms with Gasteiger partial charge in [0.05, 0.1) is 16.9 Å². The second kappa shape index (κ2) is 6.87. The molecule has 0 bridgehead atoms. The van der Waals surface area contributed by atoms with Gasteiger partial charge in [0.1, 0.15) is 19.3 Å². The number of halogens is 3. The number of rotatable bonds is 3. The Bertz CT molecular complexity index is 1010. The van der Waals surface area contributed by atoms with E-state index in [1.54, 1.807) is 24.3 Å². The third kappa shape index (κ3) is 3.48. The van der Waals surface area contributed by atoms with Gasteiger partial charge in [-0.3, -0.25) is 4.79 Å². The summed E-state index contributed by atoms with van der Waals surface area (Å²) in [5.41, 5.74) is -0.749. The lowest BCUT2D eigenvalue weighted by atomic mass is 10.1. The van der Waals surface area contributed by atoms with Crippen molar-refractivity contribution in [2.75, 3.05) is 11.9 Å². The van der Waals surface area contributed by atoms with Crippen molar-refractivity contribution in [2.24, 2.45) is 0 Å². The maximum absolute atomic E-state index is 13.1. The van der Waals surface area contributed by atoms with E-state index in [0.29, 0.717) is 11.5 Å². The normalized spacial score (nSPS) is 15.9. The van der Waals surface area contributed by atoms with E-state index in [1.807, 2.05) is 0 Å². The molecule has 1 aliphatic heterocycles. The highest BCUT2D eigenvalue weighted by molar-refractivity contribution is 5.96. The lowest BCUT2D eigenvalue weighted by molar-refractivity contribution is -0.137. The number of nitrogens with one attached hydrogen (secondary N) is 1. The Hall–Kier alpha value is -3.56. The summed E-state index contributed by atoms with van der Waals surface area (Å²) in [5.74, 6) is 0.235. The summed E-state index contributed by atoms with van der Waals surface area (Å²) in [5, 5.41) is 6.38. The quantitative estimate of drug-likeness (QED) is 0.744. The summed E-state index contributed by atoms with van der Waals surface area (Å²) in [6.45, 7) is -0.0690. The number of hydrogen-bond acceptors (Lipinski definition) is 5. The molecule has 1 amide bonds. The monoisotopic (exact) mass is 390 g/mol. The summed E-state index contributed by atoms with van der Waals surface area (Å²) >= 11 is 0. The SMILES string of the molecule is O=C(Nc1cc(C(F)(F)F)ccc1-n1cncn1)[C@H]1COc2ccccc2O1. The lowest BCUT2D eigenvalue weighted by Crippen LogP contribution is -2.40. The predicted molar refractivity (Wildman–Crippen MR) is 91.3 cm³/mol. The fourth-order valence-electron chi connectivity index (χ4n) is 2.71. The molecule has 1 aromatic heterocycles. The van der Waals surface area contributed by atoms with E-state index < -0.39 is 23.8 Å². The molecular formula is C18H13F3N4O3. The molecule has 144 valence electrons. The van der Waals surface area contributed by atoms with Crippen LogP contribution in [0.1, 0.15) is 5.56 Å². The van der Waals surface area contributed by atoms with Crippen molar-refractivity contribution < 1.29 is 27.4 Å². The number of aromatic nitrogens is 3. The van der Waals surface area contributed by atoms with Gasteiger partial charge in [-0.2, -0.15) is 18.3 Å². The average Bonchev–Trinajstić information content (AvgIpc) is 3.21. The zero-order valence-electron chi connectivity index (χ0n) is 14.2. The van der Waals surface area contributed by atoms with E-state index in [2.05, 4.69) is 15.4 Å². The van der Waals surface area contributed by atoms with Crippen LogP contribution in [0.2, 0.25) is 0 Å². The molecular weight excluding hydrogens is 377 g/mol. The van der Waals surface area contributed by atoms with E-state index in [4.69, 9.17) is 9.47 Å². The van der Waals surface area contributed by atoms with Crippen LogP contribution in [-0.4, -0.2) is 33.4 Å². The van der Waals surface area contributed by atoms with Crippen molar-refractivity contribution in [3.8, 4) is 17.2 Å². The van der Waals surface area contributed by atoms with Crippen molar-refractivity contribution in [1.29, 1.82) is 0 Å². The molecule has 1 N–H and O–H groups in total. The Morgan fingerprint density at radius 1 is 1.18 bits per heavy atom. The molecule has 2 heterocycles. The van der Waals surface area contributed by atoms with Crippen LogP contribution in [0.25, 0.3) is 5.69 Å². The van der Waals surface area contributed by atoms with Crippen molar-refractivity contribution >= 4 is 11.6 Å². The summed E-state index contributed by atoms with van der Waals surface area (Å²) in [6.07, 6.45) is -3.04. The molecule has 0 unspecified atom stereocenters. The number of carbonyl (C=O) groups excluding carboxylic acids is 1. The van der Waals surface area contributed by atoms with Crippen LogP contribution in [0, 0.1) is 0 Å². The summed E-state index contributed by atoms with van der Waals surface area (Å²) in [6, 6.07) is 9.77. The van der Waals surface area contributed by atoms with Crippen LogP contribution in [0.4, 0.5) is 18.9 Å². The van der Waals surface area contributed by atoms with Gasteiger partial charge in [-0.15, -0.1) is 0 Å². The molecule has 0 radical (unpaired) electrons. The minimum absolute atomic E-state index is 0.0690. The smallest absolute Gasteiger partial charge is 0.416 e. The fourth-order valence-corrected chi connectivity index (χ4v) is 2.71. The zero-order chi connectivity index (χ0) is 19.7. The van der Waals surface area contributed by atoms with Crippen molar-refractivity contribution in [3.63, 3.8) is 0 Å². The van der Waals surface area contributed by atoms with Gasteiger partial charge in [0, 0.05) is 0 Å². The summed E-state index contributed by atoms with van der Waals surface area (Å²) < 4.78 is 51.7. The number of hydrogen-bond donors (Lipinski definition) is 1. The fraction of sp³-hybridized carbons (Fsp3) is 0.167. The molecule has 0 saturated heterocycles. The molecule has 0 aliphatic carbocycles. The molecule has 7 nitrogen and oxygen atoms in total. The lowest BCUT2D eigenvalue weighted by Gasteiger charge is -2.26. The van der Waals surface area contributed by atoms with Crippen LogP contribution < -0.4 is 14.8 Å². The summed E-state index contributed by atoms with van der Waals surface area (Å²) in [7, 11) is 0. The maximum Gasteiger partial charge on any atom is 0.416 e. The molecule has 10 heteroatoms. The number of amides is 1. The second-order valence-electron chi connectivity index (χ2n) is 5.92. The number of alkyl halides is 3. The number of benzene rings is 2. The number of ether oxygens (including phenoxy) is 2. The van der Waals surface area contributed by atoms with Gasteiger partial charge in [-0.25, -0.2) is 9.67 Å². The minimum atomic E-state index is -4.57. The van der Waals surface area contributed by atoms with Gasteiger partial charge in [-0.05, 0) is 30.3 Å². The Labute approximate surface area is 156 Å². The second-order valence-corrected chi connectivity index (χ2v) is 5.92. The third-order valence-corrected chi connectivity index (χ3v) is 4.05. The maximum atomic E-state index is 13.1. The number of anilines is 1. The summed E-state index contributed by atoms with van der Waals surface area (Å²) in [4.78, 5) is 16.4. The molecule has 1 aliphatic rings. The molecule has 3 aromatic rings. The first-order chi connectivity index (χ1) is 13.4. The Kier molecular flexibility index (Phi) is 4.38. The molecule has 2 aromatic carbocycles. The Balaban J connectivity index is 1.62. The topological polar surface area (TPSA) is 78.3 Å². The number of fused-ring (bicyclic) bond motifs is 1. The molecule has 28 heavy (non-hydrogen) atoms. The standard InChI is InChI=1S/C18H13F3N4O3/c19-18(20,21)11-5-6-13(25-10-22-9-23-25)12(7-11)24-17(26)16-8-27-14-3-1-2-4-15(14)28-16/h1-7,9-10,16H,8H2,(H,24,26)/t16-/m1/s1. The Morgan fingerprint density at radius 3 is 2.68 bits per heavy atom. The molecule has 4 rings (SSSR count). The van der Waals surface area contributed by atoms with Gasteiger partial charge >= 0.3 is 6.18 Å². The highest BCUT2D eigenvalue weighted by Gasteiger charge is 2.32. The van der Waals surface area contributed by atoms with E-state index >= 15 is 0 Å². The van der Waals surface area contributed by atoms with Gasteiger partial charge in [0.15, 0.2) is 11.5 Å². The van der Waals surface area contributed by atoms with Gasteiger partial charge in [-0.1, -0.05) is 12.1 Å². The van der Waals surface area contributed by atoms with E-state index in [-0.39, 0.29) is 18.0 Å². The highest BCUT2D eigenvalue weighted by atomic mass is 19.4. The van der Waals surface area contributed by atoms with Crippen LogP contribution in [0.15, 0.2) is 55.1 Å². The minimum Gasteiger partial charge on any atom is -0.485 e. The Morgan fingerprint density at radius 2 is 1.96 bits per heavy atom. The molecule has 1 atom stereocenters. The van der Waals surface area contributed by atoms with Crippen LogP contribution in [0.5, 0.6) is 11.5 Å². The van der Waals surface area contributed by atoms with Crippen molar-refractivity contribution in [2.45, 2.75) is 12.3 Å². The highest BCUT2D eigenvalue weighted by Crippen LogP contribution is 2.34. The van der Waals surface area contributed by atoms with Gasteiger partial charge in [0.2, 0.25) is 6.10 Å². The first kappa shape index (κ1) is 17.8. The number of para-hydroxylation sites is 2. The average molecular weight is 390 g/mol. The number of nitrogens with zero attached hydrogens (tertiary/aromatic N) is 3. The van der Waals surface area contributed by atoms with E-state index in [0.717, 1.165) is 12.1 Å². The van der Waals surface area contributed by atoms with Crippen molar-refractivity contribution in [3.05, 3.63) is 60.7 Å². The van der Waals surface area contributed by atoms with E-state index in [1.165, 1.54) is 23.4 Å². The third-order valence-electron chi connectivity index (χ3n) is 4.05. The molecule has 0 saturated carbocycles. The van der Waals surface area contributed by atoms with Gasteiger partial charge < -0.3 is 14.8 Å². The molecule has 0 spiro atoms. The molecule has 0 fully saturated rings. The predicted octanol–water partition coefficient (Wildman–Crippen LogP) is 3.06. The number of carbonyl (C=O) groups is 1. The van der Waals surface area contributed by atoms with Crippen LogP contribution >= 0.6 is 0 Å². The largest absolute Gasteiger partial charge is 0.485 e. The van der Waals surface area contributed by atoms with E-state index in [9.17, 15) is 18.0 Å².